The quantitative estimate of drug-likeness (QED) is 0.649. The molecule has 0 atom stereocenters. The van der Waals surface area contributed by atoms with Crippen LogP contribution in [0.25, 0.3) is 11.1 Å². The van der Waals surface area contributed by atoms with E-state index in [0.29, 0.717) is 0 Å². The molecule has 0 aliphatic rings. The van der Waals surface area contributed by atoms with Crippen LogP contribution in [-0.2, 0) is 11.3 Å². The summed E-state index contributed by atoms with van der Waals surface area (Å²) in [4.78, 5) is 24.3. The topological polar surface area (TPSA) is 57.5 Å². The minimum atomic E-state index is -0.542. The van der Waals surface area contributed by atoms with E-state index >= 15 is 0 Å². The van der Waals surface area contributed by atoms with E-state index in [1.165, 1.54) is 17.7 Å². The summed E-state index contributed by atoms with van der Waals surface area (Å²) in [6, 6.07) is 18.4. The minimum absolute atomic E-state index is 0.220. The molecule has 1 heterocycles. The largest absolute Gasteiger partial charge is 0.496 e. The lowest BCUT2D eigenvalue weighted by Crippen LogP contribution is -2.26. The van der Waals surface area contributed by atoms with Crippen LogP contribution in [0.3, 0.4) is 0 Å². The zero-order chi connectivity index (χ0) is 19.4. The highest BCUT2D eigenvalue weighted by Gasteiger charge is 2.14. The van der Waals surface area contributed by atoms with Crippen LogP contribution in [0.2, 0.25) is 0 Å². The second-order valence-corrected chi connectivity index (χ2v) is 6.23. The van der Waals surface area contributed by atoms with Crippen LogP contribution < -0.4 is 10.3 Å². The fourth-order valence-corrected chi connectivity index (χ4v) is 3.04. The van der Waals surface area contributed by atoms with Gasteiger partial charge in [0.1, 0.15) is 11.4 Å². The van der Waals surface area contributed by atoms with Crippen LogP contribution in [-0.4, -0.2) is 24.8 Å². The Balaban J connectivity index is 2.07. The molecule has 0 aliphatic carbocycles. The molecule has 0 aliphatic heterocycles. The SMILES string of the molecule is COC(=O)c1cccc(=O)n1Cc1ccc(OC)c(-c2cccc(C)c2)c1. The van der Waals surface area contributed by atoms with Crippen molar-refractivity contribution in [1.82, 2.24) is 4.57 Å². The number of ether oxygens (including phenoxy) is 2. The molecular formula is C22H21NO4. The molecule has 1 aromatic heterocycles. The van der Waals surface area contributed by atoms with Crippen LogP contribution in [0, 0.1) is 6.92 Å². The van der Waals surface area contributed by atoms with Crippen LogP contribution in [0.4, 0.5) is 0 Å². The smallest absolute Gasteiger partial charge is 0.354 e. The summed E-state index contributed by atoms with van der Waals surface area (Å²) in [7, 11) is 2.93. The van der Waals surface area contributed by atoms with E-state index in [1.807, 2.05) is 43.3 Å². The Morgan fingerprint density at radius 3 is 2.48 bits per heavy atom. The van der Waals surface area contributed by atoms with Gasteiger partial charge >= 0.3 is 5.97 Å². The number of aromatic nitrogens is 1. The number of hydrogen-bond donors (Lipinski definition) is 0. The van der Waals surface area contributed by atoms with Crippen molar-refractivity contribution in [2.24, 2.45) is 0 Å². The van der Waals surface area contributed by atoms with Gasteiger partial charge < -0.3 is 9.47 Å². The third kappa shape index (κ3) is 3.92. The molecule has 0 bridgehead atoms. The number of esters is 1. The molecule has 0 radical (unpaired) electrons. The molecule has 27 heavy (non-hydrogen) atoms. The summed E-state index contributed by atoms with van der Waals surface area (Å²) in [5, 5.41) is 0. The van der Waals surface area contributed by atoms with E-state index in [2.05, 4.69) is 6.07 Å². The Morgan fingerprint density at radius 1 is 1.00 bits per heavy atom. The van der Waals surface area contributed by atoms with Crippen molar-refractivity contribution in [2.45, 2.75) is 13.5 Å². The van der Waals surface area contributed by atoms with E-state index in [-0.39, 0.29) is 17.8 Å². The number of carbonyl (C=O) groups is 1. The van der Waals surface area contributed by atoms with Crippen molar-refractivity contribution in [3.8, 4) is 16.9 Å². The van der Waals surface area contributed by atoms with Crippen molar-refractivity contribution < 1.29 is 14.3 Å². The number of carbonyl (C=O) groups excluding carboxylic acids is 1. The van der Waals surface area contributed by atoms with E-state index in [1.54, 1.807) is 19.2 Å². The van der Waals surface area contributed by atoms with Crippen LogP contribution in [0.5, 0.6) is 5.75 Å². The fraction of sp³-hybridized carbons (Fsp3) is 0.182. The lowest BCUT2D eigenvalue weighted by molar-refractivity contribution is 0.0587. The van der Waals surface area contributed by atoms with E-state index in [0.717, 1.165) is 28.0 Å². The third-order valence-electron chi connectivity index (χ3n) is 4.38. The molecule has 0 spiro atoms. The highest BCUT2D eigenvalue weighted by molar-refractivity contribution is 5.87. The Hall–Kier alpha value is -3.34. The molecule has 3 rings (SSSR count). The van der Waals surface area contributed by atoms with Crippen LogP contribution in [0.1, 0.15) is 21.6 Å². The summed E-state index contributed by atoms with van der Waals surface area (Å²) in [5.74, 6) is 0.207. The standard InChI is InChI=1S/C22H21NO4/c1-15-6-4-7-17(12-15)18-13-16(10-11-20(18)26-2)14-23-19(22(25)27-3)8-5-9-21(23)24/h4-13H,14H2,1-3H3. The first-order valence-electron chi connectivity index (χ1n) is 8.55. The van der Waals surface area contributed by atoms with Crippen LogP contribution in [0.15, 0.2) is 65.5 Å². The summed E-state index contributed by atoms with van der Waals surface area (Å²) < 4.78 is 11.7. The first kappa shape index (κ1) is 18.5. The maximum Gasteiger partial charge on any atom is 0.354 e. The number of hydrogen-bond acceptors (Lipinski definition) is 4. The van der Waals surface area contributed by atoms with Gasteiger partial charge in [0, 0.05) is 11.6 Å². The summed E-state index contributed by atoms with van der Waals surface area (Å²) in [6.45, 7) is 2.29. The van der Waals surface area contributed by atoms with Crippen molar-refractivity contribution in [3.05, 3.63) is 87.8 Å². The third-order valence-corrected chi connectivity index (χ3v) is 4.38. The summed E-state index contributed by atoms with van der Waals surface area (Å²) in [5.41, 5.74) is 3.95. The van der Waals surface area contributed by atoms with E-state index < -0.39 is 5.97 Å². The number of aryl methyl sites for hydroxylation is 1. The minimum Gasteiger partial charge on any atom is -0.496 e. The number of benzene rings is 2. The molecule has 5 nitrogen and oxygen atoms in total. The average molecular weight is 363 g/mol. The van der Waals surface area contributed by atoms with Gasteiger partial charge in [0.2, 0.25) is 0 Å². The molecule has 5 heteroatoms. The zero-order valence-electron chi connectivity index (χ0n) is 15.6. The predicted molar refractivity (Wildman–Crippen MR) is 104 cm³/mol. The van der Waals surface area contributed by atoms with E-state index in [9.17, 15) is 9.59 Å². The molecule has 0 amide bonds. The maximum atomic E-state index is 12.3. The zero-order valence-corrected chi connectivity index (χ0v) is 15.6. The Kier molecular flexibility index (Phi) is 5.41. The van der Waals surface area contributed by atoms with Gasteiger partial charge in [-0.3, -0.25) is 9.36 Å². The molecule has 0 N–H and O–H groups in total. The van der Waals surface area contributed by atoms with Gasteiger partial charge in [0.15, 0.2) is 0 Å². The molecule has 0 unspecified atom stereocenters. The molecule has 2 aromatic carbocycles. The van der Waals surface area contributed by atoms with E-state index in [4.69, 9.17) is 9.47 Å². The van der Waals surface area contributed by atoms with Gasteiger partial charge in [-0.25, -0.2) is 4.79 Å². The number of rotatable bonds is 5. The molecule has 3 aromatic rings. The molecule has 138 valence electrons. The second-order valence-electron chi connectivity index (χ2n) is 6.23. The highest BCUT2D eigenvalue weighted by atomic mass is 16.5. The first-order valence-corrected chi connectivity index (χ1v) is 8.55. The number of nitrogens with zero attached hydrogens (tertiary/aromatic N) is 1. The Bertz CT molecular complexity index is 1040. The summed E-state index contributed by atoms with van der Waals surface area (Å²) in [6.07, 6.45) is 0. The second kappa shape index (κ2) is 7.91. The average Bonchev–Trinajstić information content (AvgIpc) is 2.68. The highest BCUT2D eigenvalue weighted by Crippen LogP contribution is 2.31. The first-order chi connectivity index (χ1) is 13.0. The summed E-state index contributed by atoms with van der Waals surface area (Å²) >= 11 is 0. The van der Waals surface area contributed by atoms with Crippen molar-refractivity contribution in [1.29, 1.82) is 0 Å². The van der Waals surface area contributed by atoms with Gasteiger partial charge in [-0.15, -0.1) is 0 Å². The van der Waals surface area contributed by atoms with Crippen LogP contribution >= 0.6 is 0 Å². The normalized spacial score (nSPS) is 10.5. The Labute approximate surface area is 157 Å². The van der Waals surface area contributed by atoms with Gasteiger partial charge in [0.05, 0.1) is 20.8 Å². The van der Waals surface area contributed by atoms with Crippen molar-refractivity contribution in [2.75, 3.05) is 14.2 Å². The van der Waals surface area contributed by atoms with Gasteiger partial charge in [0.25, 0.3) is 5.56 Å². The monoisotopic (exact) mass is 363 g/mol. The van der Waals surface area contributed by atoms with Gasteiger partial charge in [-0.1, -0.05) is 42.0 Å². The van der Waals surface area contributed by atoms with Gasteiger partial charge in [-0.2, -0.15) is 0 Å². The molecule has 0 saturated heterocycles. The predicted octanol–water partition coefficient (Wildman–Crippen LogP) is 3.67. The molecule has 0 saturated carbocycles. The Morgan fingerprint density at radius 2 is 1.78 bits per heavy atom. The lowest BCUT2D eigenvalue weighted by Gasteiger charge is -2.14. The van der Waals surface area contributed by atoms with Gasteiger partial charge in [-0.05, 0) is 36.2 Å². The van der Waals surface area contributed by atoms with Crippen molar-refractivity contribution in [3.63, 3.8) is 0 Å². The number of methoxy groups -OCH3 is 2. The number of pyridine rings is 1. The lowest BCUT2D eigenvalue weighted by atomic mass is 10.00. The molecular weight excluding hydrogens is 342 g/mol. The van der Waals surface area contributed by atoms with Crippen molar-refractivity contribution >= 4 is 5.97 Å². The molecule has 0 fully saturated rings. The maximum absolute atomic E-state index is 12.3. The fourth-order valence-electron chi connectivity index (χ4n) is 3.04.